The van der Waals surface area contributed by atoms with Crippen molar-refractivity contribution < 1.29 is 0 Å². The lowest BCUT2D eigenvalue weighted by Gasteiger charge is -2.23. The number of aromatic nitrogens is 1. The van der Waals surface area contributed by atoms with Gasteiger partial charge in [0.25, 0.3) is 0 Å². The van der Waals surface area contributed by atoms with Crippen LogP contribution in [0.15, 0.2) is 12.1 Å². The van der Waals surface area contributed by atoms with Gasteiger partial charge in [-0.05, 0) is 50.2 Å². The predicted molar refractivity (Wildman–Crippen MR) is 77.7 cm³/mol. The summed E-state index contributed by atoms with van der Waals surface area (Å²) < 4.78 is 0. The summed E-state index contributed by atoms with van der Waals surface area (Å²) >= 11 is 5.04. The fraction of sp³-hybridized carbons (Fsp3) is 0.571. The number of hydrogen-bond acceptors (Lipinski definition) is 3. The summed E-state index contributed by atoms with van der Waals surface area (Å²) in [5, 5.41) is 3.58. The molecule has 2 bridgehead atoms. The second-order valence-electron chi connectivity index (χ2n) is 5.67. The quantitative estimate of drug-likeness (QED) is 0.821. The Kier molecular flexibility index (Phi) is 2.98. The van der Waals surface area contributed by atoms with Crippen LogP contribution in [0, 0.1) is 18.8 Å². The highest BCUT2D eigenvalue weighted by molar-refractivity contribution is 7.80. The fourth-order valence-corrected chi connectivity index (χ4v) is 3.61. The summed E-state index contributed by atoms with van der Waals surface area (Å²) in [6.07, 6.45) is 5.48. The Labute approximate surface area is 113 Å². The minimum atomic E-state index is 0.441. The fourth-order valence-electron chi connectivity index (χ4n) is 3.50. The normalized spacial score (nSPS) is 29.5. The third-order valence-corrected chi connectivity index (χ3v) is 4.55. The molecule has 0 aliphatic heterocycles. The number of nitrogens with two attached hydrogens (primary N) is 1. The number of pyridine rings is 1. The van der Waals surface area contributed by atoms with Crippen molar-refractivity contribution in [3.8, 4) is 0 Å². The Morgan fingerprint density at radius 3 is 2.83 bits per heavy atom. The standard InChI is InChI=1S/C14H19N3S/c1-8-4-11(14(15)18)7-13(16-8)17-12-6-9-2-3-10(12)5-9/h4,7,9-10,12H,2-3,5-6H2,1H3,(H2,15,18)(H,16,17). The minimum absolute atomic E-state index is 0.441. The van der Waals surface area contributed by atoms with Crippen molar-refractivity contribution in [2.75, 3.05) is 5.32 Å². The lowest BCUT2D eigenvalue weighted by molar-refractivity contribution is 0.439. The molecule has 3 nitrogen and oxygen atoms in total. The molecule has 0 amide bonds. The van der Waals surface area contributed by atoms with Gasteiger partial charge in [-0.25, -0.2) is 4.98 Å². The Morgan fingerprint density at radius 2 is 2.22 bits per heavy atom. The lowest BCUT2D eigenvalue weighted by Crippen LogP contribution is -2.26. The third-order valence-electron chi connectivity index (χ3n) is 4.31. The summed E-state index contributed by atoms with van der Waals surface area (Å²) in [4.78, 5) is 4.98. The van der Waals surface area contributed by atoms with Gasteiger partial charge in [0.2, 0.25) is 0 Å². The molecule has 1 aromatic rings. The maximum atomic E-state index is 5.70. The van der Waals surface area contributed by atoms with E-state index in [9.17, 15) is 0 Å². The van der Waals surface area contributed by atoms with Gasteiger partial charge < -0.3 is 11.1 Å². The molecule has 4 heteroatoms. The minimum Gasteiger partial charge on any atom is -0.389 e. The summed E-state index contributed by atoms with van der Waals surface area (Å²) in [6, 6.07) is 4.51. The van der Waals surface area contributed by atoms with E-state index in [2.05, 4.69) is 10.3 Å². The van der Waals surface area contributed by atoms with Crippen molar-refractivity contribution in [1.29, 1.82) is 0 Å². The van der Waals surface area contributed by atoms with Gasteiger partial charge in [-0.15, -0.1) is 0 Å². The molecule has 0 radical (unpaired) electrons. The first-order chi connectivity index (χ1) is 8.61. The number of hydrogen-bond donors (Lipinski definition) is 2. The molecule has 1 heterocycles. The molecule has 3 N–H and O–H groups in total. The first-order valence-electron chi connectivity index (χ1n) is 6.67. The Balaban J connectivity index is 1.78. The van der Waals surface area contributed by atoms with E-state index in [-0.39, 0.29) is 0 Å². The van der Waals surface area contributed by atoms with Crippen LogP contribution in [0.5, 0.6) is 0 Å². The molecule has 3 atom stereocenters. The van der Waals surface area contributed by atoms with E-state index in [0.29, 0.717) is 11.0 Å². The predicted octanol–water partition coefficient (Wildman–Crippen LogP) is 2.62. The molecular weight excluding hydrogens is 242 g/mol. The molecule has 0 spiro atoms. The van der Waals surface area contributed by atoms with Crippen LogP contribution in [0.2, 0.25) is 0 Å². The van der Waals surface area contributed by atoms with Crippen LogP contribution in [0.25, 0.3) is 0 Å². The summed E-state index contributed by atoms with van der Waals surface area (Å²) in [6.45, 7) is 1.98. The third kappa shape index (κ3) is 2.21. The molecule has 2 aliphatic rings. The zero-order valence-corrected chi connectivity index (χ0v) is 11.5. The molecule has 2 saturated carbocycles. The van der Waals surface area contributed by atoms with E-state index in [4.69, 9.17) is 18.0 Å². The van der Waals surface area contributed by atoms with Crippen molar-refractivity contribution >= 4 is 23.0 Å². The van der Waals surface area contributed by atoms with Crippen LogP contribution in [0.3, 0.4) is 0 Å². The Hall–Kier alpha value is -1.16. The van der Waals surface area contributed by atoms with Gasteiger partial charge in [0.15, 0.2) is 0 Å². The van der Waals surface area contributed by atoms with Gasteiger partial charge in [0, 0.05) is 17.3 Å². The second kappa shape index (κ2) is 4.50. The molecule has 2 fully saturated rings. The second-order valence-corrected chi connectivity index (χ2v) is 6.11. The van der Waals surface area contributed by atoms with Crippen LogP contribution in [-0.2, 0) is 0 Å². The summed E-state index contributed by atoms with van der Waals surface area (Å²) in [5.41, 5.74) is 7.57. The zero-order chi connectivity index (χ0) is 12.7. The number of nitrogens with zero attached hydrogens (tertiary/aromatic N) is 1. The van der Waals surface area contributed by atoms with E-state index in [1.165, 1.54) is 25.7 Å². The molecule has 3 rings (SSSR count). The van der Waals surface area contributed by atoms with Gasteiger partial charge in [-0.3, -0.25) is 0 Å². The largest absolute Gasteiger partial charge is 0.389 e. The average molecular weight is 261 g/mol. The maximum absolute atomic E-state index is 5.70. The van der Waals surface area contributed by atoms with E-state index >= 15 is 0 Å². The highest BCUT2D eigenvalue weighted by Crippen LogP contribution is 2.45. The van der Waals surface area contributed by atoms with Crippen LogP contribution in [0.1, 0.15) is 36.9 Å². The van der Waals surface area contributed by atoms with Crippen LogP contribution < -0.4 is 11.1 Å². The van der Waals surface area contributed by atoms with Crippen molar-refractivity contribution in [3.63, 3.8) is 0 Å². The molecule has 0 saturated heterocycles. The molecule has 3 unspecified atom stereocenters. The molecule has 96 valence electrons. The molecule has 1 aromatic heterocycles. The number of nitrogens with one attached hydrogen (secondary N) is 1. The van der Waals surface area contributed by atoms with Gasteiger partial charge in [0.1, 0.15) is 10.8 Å². The Bertz CT molecular complexity index is 486. The number of fused-ring (bicyclic) bond motifs is 2. The monoisotopic (exact) mass is 261 g/mol. The smallest absolute Gasteiger partial charge is 0.127 e. The zero-order valence-electron chi connectivity index (χ0n) is 10.6. The van der Waals surface area contributed by atoms with Crippen LogP contribution >= 0.6 is 12.2 Å². The summed E-state index contributed by atoms with van der Waals surface area (Å²) in [7, 11) is 0. The maximum Gasteiger partial charge on any atom is 0.127 e. The highest BCUT2D eigenvalue weighted by Gasteiger charge is 2.39. The van der Waals surface area contributed by atoms with Gasteiger partial charge in [-0.1, -0.05) is 18.6 Å². The Morgan fingerprint density at radius 1 is 1.39 bits per heavy atom. The molecule has 18 heavy (non-hydrogen) atoms. The van der Waals surface area contributed by atoms with E-state index in [1.807, 2.05) is 19.1 Å². The van der Waals surface area contributed by atoms with Gasteiger partial charge >= 0.3 is 0 Å². The molecular formula is C14H19N3S. The van der Waals surface area contributed by atoms with Crippen LogP contribution in [-0.4, -0.2) is 16.0 Å². The van der Waals surface area contributed by atoms with E-state index in [1.54, 1.807) is 0 Å². The number of anilines is 1. The molecule has 0 aromatic carbocycles. The van der Waals surface area contributed by atoms with E-state index < -0.39 is 0 Å². The first-order valence-corrected chi connectivity index (χ1v) is 7.07. The van der Waals surface area contributed by atoms with Crippen molar-refractivity contribution in [3.05, 3.63) is 23.4 Å². The van der Waals surface area contributed by atoms with Gasteiger partial charge in [0.05, 0.1) is 0 Å². The highest BCUT2D eigenvalue weighted by atomic mass is 32.1. The topological polar surface area (TPSA) is 50.9 Å². The summed E-state index contributed by atoms with van der Waals surface area (Å²) in [5.74, 6) is 2.70. The molecule has 2 aliphatic carbocycles. The lowest BCUT2D eigenvalue weighted by atomic mass is 9.95. The van der Waals surface area contributed by atoms with Gasteiger partial charge in [-0.2, -0.15) is 0 Å². The average Bonchev–Trinajstić information content (AvgIpc) is 2.90. The van der Waals surface area contributed by atoms with Crippen molar-refractivity contribution in [2.45, 2.75) is 38.6 Å². The number of aryl methyl sites for hydroxylation is 1. The van der Waals surface area contributed by atoms with Crippen molar-refractivity contribution in [2.24, 2.45) is 17.6 Å². The van der Waals surface area contributed by atoms with Crippen molar-refractivity contribution in [1.82, 2.24) is 4.98 Å². The number of rotatable bonds is 3. The van der Waals surface area contributed by atoms with E-state index in [0.717, 1.165) is 28.9 Å². The SMILES string of the molecule is Cc1cc(C(N)=S)cc(NC2CC3CCC2C3)n1. The first kappa shape index (κ1) is 11.9. The number of thiocarbonyl (C=S) groups is 1. The van der Waals surface area contributed by atoms with Crippen LogP contribution in [0.4, 0.5) is 5.82 Å².